The number of rotatable bonds is 5. The minimum absolute atomic E-state index is 0.0466. The molecule has 1 N–H and O–H groups in total. The topological polar surface area (TPSA) is 67.3 Å². The summed E-state index contributed by atoms with van der Waals surface area (Å²) < 4.78 is 41.7. The fourth-order valence-electron chi connectivity index (χ4n) is 2.43. The highest BCUT2D eigenvalue weighted by molar-refractivity contribution is 5.85. The average Bonchev–Trinajstić information content (AvgIpc) is 2.53. The Bertz CT molecular complexity index is 539. The number of carbonyl (C=O) groups excluding carboxylic acids is 1. The first-order valence-corrected chi connectivity index (χ1v) is 7.44. The first kappa shape index (κ1) is 17.5. The van der Waals surface area contributed by atoms with E-state index in [0.717, 1.165) is 6.42 Å². The van der Waals surface area contributed by atoms with Gasteiger partial charge in [0.2, 0.25) is 5.82 Å². The van der Waals surface area contributed by atoms with Crippen molar-refractivity contribution in [3.8, 4) is 0 Å². The molecule has 1 aromatic heterocycles. The molecule has 1 saturated heterocycles. The van der Waals surface area contributed by atoms with Crippen LogP contribution in [0.15, 0.2) is 12.3 Å². The predicted octanol–water partition coefficient (Wildman–Crippen LogP) is 1.77. The number of carbonyl (C=O) groups is 1. The summed E-state index contributed by atoms with van der Waals surface area (Å²) in [7, 11) is 0. The molecule has 0 saturated carbocycles. The van der Waals surface area contributed by atoms with Crippen LogP contribution in [-0.2, 0) is 4.74 Å². The van der Waals surface area contributed by atoms with Gasteiger partial charge in [-0.3, -0.25) is 0 Å². The van der Waals surface area contributed by atoms with Crippen molar-refractivity contribution >= 4 is 11.8 Å². The number of alkyl halides is 3. The third-order valence-electron chi connectivity index (χ3n) is 3.44. The molecule has 1 atom stereocenters. The Balaban J connectivity index is 2.00. The van der Waals surface area contributed by atoms with Gasteiger partial charge in [0.15, 0.2) is 0 Å². The highest BCUT2D eigenvalue weighted by Gasteiger charge is 2.30. The molecule has 0 aromatic carbocycles. The lowest BCUT2D eigenvalue weighted by Gasteiger charge is -2.34. The Morgan fingerprint density at radius 1 is 1.52 bits per heavy atom. The standard InChI is InChI=1S/C14H19F3N4O2/c1-2-23-13(22)12-18-6-5-11(20-12)21-7-3-4-10(8-21)19-9-14(15,16)17/h5-6,10,19H,2-4,7-9H2,1H3. The number of piperidine rings is 1. The Morgan fingerprint density at radius 2 is 2.30 bits per heavy atom. The van der Waals surface area contributed by atoms with E-state index in [1.807, 2.05) is 4.90 Å². The quantitative estimate of drug-likeness (QED) is 0.829. The molecule has 1 unspecified atom stereocenters. The zero-order valence-corrected chi connectivity index (χ0v) is 12.8. The van der Waals surface area contributed by atoms with Crippen LogP contribution in [0.3, 0.4) is 0 Å². The van der Waals surface area contributed by atoms with E-state index in [9.17, 15) is 18.0 Å². The van der Waals surface area contributed by atoms with E-state index >= 15 is 0 Å². The first-order chi connectivity index (χ1) is 10.9. The van der Waals surface area contributed by atoms with Gasteiger partial charge in [-0.15, -0.1) is 0 Å². The van der Waals surface area contributed by atoms with Crippen LogP contribution in [0, 0.1) is 0 Å². The summed E-state index contributed by atoms with van der Waals surface area (Å²) in [5.74, 6) is -0.144. The van der Waals surface area contributed by atoms with E-state index in [0.29, 0.717) is 25.3 Å². The van der Waals surface area contributed by atoms with Crippen LogP contribution in [0.25, 0.3) is 0 Å². The van der Waals surface area contributed by atoms with Gasteiger partial charge in [0, 0.05) is 25.3 Å². The molecule has 2 rings (SSSR count). The molecule has 0 bridgehead atoms. The van der Waals surface area contributed by atoms with E-state index in [1.165, 1.54) is 6.20 Å². The molecule has 128 valence electrons. The van der Waals surface area contributed by atoms with Gasteiger partial charge in [-0.25, -0.2) is 14.8 Å². The Hall–Kier alpha value is -1.90. The highest BCUT2D eigenvalue weighted by Crippen LogP contribution is 2.19. The number of esters is 1. The lowest BCUT2D eigenvalue weighted by atomic mass is 10.1. The van der Waals surface area contributed by atoms with Crippen LogP contribution in [0.2, 0.25) is 0 Å². The molecule has 1 aliphatic heterocycles. The molecule has 6 nitrogen and oxygen atoms in total. The van der Waals surface area contributed by atoms with Crippen LogP contribution < -0.4 is 10.2 Å². The van der Waals surface area contributed by atoms with E-state index in [2.05, 4.69) is 15.3 Å². The van der Waals surface area contributed by atoms with Gasteiger partial charge in [-0.1, -0.05) is 0 Å². The minimum Gasteiger partial charge on any atom is -0.460 e. The maximum atomic E-state index is 12.3. The molecule has 1 fully saturated rings. The Kier molecular flexibility index (Phi) is 5.75. The number of ether oxygens (including phenoxy) is 1. The molecule has 1 aromatic rings. The monoisotopic (exact) mass is 332 g/mol. The molecule has 0 aliphatic carbocycles. The average molecular weight is 332 g/mol. The number of anilines is 1. The largest absolute Gasteiger partial charge is 0.460 e. The van der Waals surface area contributed by atoms with Crippen LogP contribution in [0.1, 0.15) is 30.4 Å². The molecule has 0 amide bonds. The van der Waals surface area contributed by atoms with Crippen molar-refractivity contribution in [1.29, 1.82) is 0 Å². The number of halogens is 3. The van der Waals surface area contributed by atoms with Gasteiger partial charge in [0.25, 0.3) is 0 Å². The summed E-state index contributed by atoms with van der Waals surface area (Å²) in [5, 5.41) is 2.52. The van der Waals surface area contributed by atoms with Crippen LogP contribution >= 0.6 is 0 Å². The zero-order chi connectivity index (χ0) is 16.9. The summed E-state index contributed by atoms with van der Waals surface area (Å²) in [6.45, 7) is 1.96. The first-order valence-electron chi connectivity index (χ1n) is 7.44. The molecule has 9 heteroatoms. The molecule has 0 spiro atoms. The van der Waals surface area contributed by atoms with Crippen molar-refractivity contribution in [1.82, 2.24) is 15.3 Å². The van der Waals surface area contributed by atoms with Crippen LogP contribution in [-0.4, -0.2) is 54.4 Å². The smallest absolute Gasteiger partial charge is 0.401 e. The van der Waals surface area contributed by atoms with Crippen molar-refractivity contribution in [2.45, 2.75) is 32.0 Å². The summed E-state index contributed by atoms with van der Waals surface area (Å²) in [6.07, 6.45) is -1.37. The molecule has 2 heterocycles. The number of nitrogens with one attached hydrogen (secondary N) is 1. The number of nitrogens with zero attached hydrogens (tertiary/aromatic N) is 3. The van der Waals surface area contributed by atoms with Crippen molar-refractivity contribution in [2.24, 2.45) is 0 Å². The number of hydrogen-bond donors (Lipinski definition) is 1. The van der Waals surface area contributed by atoms with E-state index in [1.54, 1.807) is 13.0 Å². The van der Waals surface area contributed by atoms with Gasteiger partial charge >= 0.3 is 12.1 Å². The number of hydrogen-bond acceptors (Lipinski definition) is 6. The van der Waals surface area contributed by atoms with Crippen molar-refractivity contribution in [2.75, 3.05) is 31.1 Å². The summed E-state index contributed by atoms with van der Waals surface area (Å²) >= 11 is 0. The van der Waals surface area contributed by atoms with Crippen molar-refractivity contribution in [3.05, 3.63) is 18.1 Å². The predicted molar refractivity (Wildman–Crippen MR) is 77.3 cm³/mol. The molecular formula is C14H19F3N4O2. The Morgan fingerprint density at radius 3 is 3.00 bits per heavy atom. The Labute approximate surface area is 132 Å². The zero-order valence-electron chi connectivity index (χ0n) is 12.8. The summed E-state index contributed by atoms with van der Waals surface area (Å²) in [6, 6.07) is 1.36. The van der Waals surface area contributed by atoms with E-state index < -0.39 is 18.7 Å². The van der Waals surface area contributed by atoms with Crippen molar-refractivity contribution in [3.63, 3.8) is 0 Å². The van der Waals surface area contributed by atoms with Gasteiger partial charge in [0.1, 0.15) is 5.82 Å². The number of aromatic nitrogens is 2. The minimum atomic E-state index is -4.23. The molecule has 23 heavy (non-hydrogen) atoms. The van der Waals surface area contributed by atoms with Gasteiger partial charge < -0.3 is 15.0 Å². The van der Waals surface area contributed by atoms with E-state index in [-0.39, 0.29) is 18.5 Å². The molecule has 1 aliphatic rings. The van der Waals surface area contributed by atoms with Crippen LogP contribution in [0.4, 0.5) is 19.0 Å². The maximum absolute atomic E-state index is 12.3. The fraction of sp³-hybridized carbons (Fsp3) is 0.643. The second-order valence-corrected chi connectivity index (χ2v) is 5.24. The summed E-state index contributed by atoms with van der Waals surface area (Å²) in [4.78, 5) is 21.5. The lowest BCUT2D eigenvalue weighted by molar-refractivity contribution is -0.126. The van der Waals surface area contributed by atoms with Gasteiger partial charge in [-0.05, 0) is 25.8 Å². The normalized spacial score (nSPS) is 18.8. The third kappa shape index (κ3) is 5.34. The fourth-order valence-corrected chi connectivity index (χ4v) is 2.43. The van der Waals surface area contributed by atoms with Crippen LogP contribution in [0.5, 0.6) is 0 Å². The second kappa shape index (κ2) is 7.58. The maximum Gasteiger partial charge on any atom is 0.401 e. The van der Waals surface area contributed by atoms with Gasteiger partial charge in [0.05, 0.1) is 13.2 Å². The molecular weight excluding hydrogens is 313 g/mol. The van der Waals surface area contributed by atoms with E-state index in [4.69, 9.17) is 4.74 Å². The third-order valence-corrected chi connectivity index (χ3v) is 3.44. The highest BCUT2D eigenvalue weighted by atomic mass is 19.4. The second-order valence-electron chi connectivity index (χ2n) is 5.24. The SMILES string of the molecule is CCOC(=O)c1nccc(N2CCCC(NCC(F)(F)F)C2)n1. The summed E-state index contributed by atoms with van der Waals surface area (Å²) in [5.41, 5.74) is 0. The lowest BCUT2D eigenvalue weighted by Crippen LogP contribution is -2.48. The van der Waals surface area contributed by atoms with Gasteiger partial charge in [-0.2, -0.15) is 13.2 Å². The molecule has 0 radical (unpaired) electrons. The van der Waals surface area contributed by atoms with Crippen molar-refractivity contribution < 1.29 is 22.7 Å².